The van der Waals surface area contributed by atoms with Gasteiger partial charge in [0.1, 0.15) is 12.4 Å². The van der Waals surface area contributed by atoms with E-state index in [1.807, 2.05) is 24.4 Å². The number of thiazole rings is 1. The highest BCUT2D eigenvalue weighted by atomic mass is 35.5. The molecule has 0 spiro atoms. The number of hydrogen-bond acceptors (Lipinski definition) is 6. The molecule has 0 aliphatic carbocycles. The summed E-state index contributed by atoms with van der Waals surface area (Å²) >= 11 is 7.37. The number of amides is 1. The number of carbonyl (C=O) groups excluding carboxylic acids is 1. The molecule has 1 atom stereocenters. The summed E-state index contributed by atoms with van der Waals surface area (Å²) in [5, 5.41) is 13.2. The van der Waals surface area contributed by atoms with E-state index in [-0.39, 0.29) is 5.91 Å². The van der Waals surface area contributed by atoms with Crippen molar-refractivity contribution >= 4 is 39.9 Å². The van der Waals surface area contributed by atoms with Crippen molar-refractivity contribution in [3.05, 3.63) is 64.0 Å². The van der Waals surface area contributed by atoms with Crippen LogP contribution in [0, 0.1) is 0 Å². The van der Waals surface area contributed by atoms with Gasteiger partial charge in [-0.2, -0.15) is 10.1 Å². The molecule has 1 aliphatic heterocycles. The molecule has 9 heteroatoms. The first-order valence-electron chi connectivity index (χ1n) is 7.47. The zero-order valence-corrected chi connectivity index (χ0v) is 14.7. The van der Waals surface area contributed by atoms with Crippen molar-refractivity contribution in [3.63, 3.8) is 0 Å². The van der Waals surface area contributed by atoms with E-state index in [1.165, 1.54) is 17.7 Å². The van der Waals surface area contributed by atoms with Gasteiger partial charge in [-0.25, -0.2) is 9.67 Å². The van der Waals surface area contributed by atoms with Crippen molar-refractivity contribution in [3.8, 4) is 0 Å². The van der Waals surface area contributed by atoms with Gasteiger partial charge in [0.25, 0.3) is 5.91 Å². The van der Waals surface area contributed by atoms with Crippen molar-refractivity contribution < 1.29 is 4.79 Å². The van der Waals surface area contributed by atoms with Crippen molar-refractivity contribution in [2.75, 3.05) is 10.6 Å². The predicted octanol–water partition coefficient (Wildman–Crippen LogP) is 3.32. The zero-order valence-electron chi connectivity index (χ0n) is 13.1. The maximum absolute atomic E-state index is 12.9. The van der Waals surface area contributed by atoms with Crippen LogP contribution in [0.15, 0.2) is 53.4 Å². The Morgan fingerprint density at radius 3 is 2.84 bits per heavy atom. The van der Waals surface area contributed by atoms with Crippen LogP contribution in [-0.4, -0.2) is 25.7 Å². The Morgan fingerprint density at radius 2 is 2.12 bits per heavy atom. The fourth-order valence-corrected chi connectivity index (χ4v) is 3.44. The number of hydrogen-bond donors (Lipinski definition) is 2. The number of anilines is 2. The number of allylic oxidation sites excluding steroid dienone is 1. The van der Waals surface area contributed by atoms with Crippen molar-refractivity contribution in [1.82, 2.24) is 19.7 Å². The lowest BCUT2D eigenvalue weighted by molar-refractivity contribution is -0.113. The van der Waals surface area contributed by atoms with E-state index in [4.69, 9.17) is 11.6 Å². The van der Waals surface area contributed by atoms with Gasteiger partial charge in [0.15, 0.2) is 5.13 Å². The van der Waals surface area contributed by atoms with E-state index in [9.17, 15) is 4.79 Å². The fraction of sp³-hybridized carbons (Fsp3) is 0.125. The summed E-state index contributed by atoms with van der Waals surface area (Å²) in [5.74, 6) is 0.351. The molecule has 25 heavy (non-hydrogen) atoms. The van der Waals surface area contributed by atoms with Gasteiger partial charge < -0.3 is 5.32 Å². The molecule has 0 bridgehead atoms. The molecule has 1 aromatic carbocycles. The molecule has 1 aliphatic rings. The number of nitrogens with zero attached hydrogens (tertiary/aromatic N) is 4. The van der Waals surface area contributed by atoms with Crippen molar-refractivity contribution in [2.45, 2.75) is 13.0 Å². The van der Waals surface area contributed by atoms with E-state index in [0.29, 0.717) is 21.7 Å². The summed E-state index contributed by atoms with van der Waals surface area (Å²) < 4.78 is 1.69. The number of aromatic nitrogens is 4. The third kappa shape index (κ3) is 2.90. The summed E-state index contributed by atoms with van der Waals surface area (Å²) in [6, 6.07) is 6.94. The lowest BCUT2D eigenvalue weighted by Crippen LogP contribution is -2.31. The highest BCUT2D eigenvalue weighted by Crippen LogP contribution is 2.35. The second-order valence-corrected chi connectivity index (χ2v) is 6.77. The summed E-state index contributed by atoms with van der Waals surface area (Å²) in [5.41, 5.74) is 2.16. The van der Waals surface area contributed by atoms with E-state index in [2.05, 4.69) is 25.7 Å². The standard InChI is InChI=1S/C16H13ClN6OS/c1-9-12(14(24)22-16-18-6-7-25-16)13(10-2-4-11(17)5-3-10)23-15(21-9)19-8-20-23/h2-8,13H,1H3,(H,18,22,24)(H,19,20,21)/t13-/m0/s1. The maximum atomic E-state index is 12.9. The number of carbonyl (C=O) groups is 1. The molecule has 0 radical (unpaired) electrons. The minimum absolute atomic E-state index is 0.235. The lowest BCUT2D eigenvalue weighted by atomic mass is 9.95. The molecule has 0 saturated carbocycles. The van der Waals surface area contributed by atoms with Crippen LogP contribution in [0.5, 0.6) is 0 Å². The number of nitrogens with one attached hydrogen (secondary N) is 2. The van der Waals surface area contributed by atoms with E-state index in [0.717, 1.165) is 11.3 Å². The van der Waals surface area contributed by atoms with Crippen LogP contribution in [0.3, 0.4) is 0 Å². The van der Waals surface area contributed by atoms with E-state index < -0.39 is 6.04 Å². The van der Waals surface area contributed by atoms with Crippen LogP contribution in [0.25, 0.3) is 0 Å². The van der Waals surface area contributed by atoms with Crippen LogP contribution in [0.2, 0.25) is 5.02 Å². The van der Waals surface area contributed by atoms with Gasteiger partial charge in [0.2, 0.25) is 5.95 Å². The second kappa shape index (κ2) is 6.30. The third-order valence-corrected chi connectivity index (χ3v) is 4.82. The Morgan fingerprint density at radius 1 is 1.32 bits per heavy atom. The molecular formula is C16H13ClN6OS. The number of fused-ring (bicyclic) bond motifs is 1. The summed E-state index contributed by atoms with van der Waals surface area (Å²) in [7, 11) is 0. The number of halogens is 1. The topological polar surface area (TPSA) is 84.7 Å². The molecular weight excluding hydrogens is 360 g/mol. The molecule has 2 aromatic heterocycles. The molecule has 2 N–H and O–H groups in total. The number of benzene rings is 1. The first-order valence-corrected chi connectivity index (χ1v) is 8.73. The average Bonchev–Trinajstić information content (AvgIpc) is 3.25. The smallest absolute Gasteiger partial charge is 0.257 e. The van der Waals surface area contributed by atoms with E-state index in [1.54, 1.807) is 23.0 Å². The minimum atomic E-state index is -0.407. The molecule has 4 rings (SSSR count). The molecule has 3 heterocycles. The largest absolute Gasteiger partial charge is 0.328 e. The van der Waals surface area contributed by atoms with Gasteiger partial charge in [-0.15, -0.1) is 11.3 Å². The highest BCUT2D eigenvalue weighted by Gasteiger charge is 2.33. The first-order chi connectivity index (χ1) is 12.1. The maximum Gasteiger partial charge on any atom is 0.257 e. The molecule has 0 saturated heterocycles. The summed E-state index contributed by atoms with van der Waals surface area (Å²) in [4.78, 5) is 21.2. The van der Waals surface area contributed by atoms with Gasteiger partial charge in [-0.1, -0.05) is 23.7 Å². The van der Waals surface area contributed by atoms with Gasteiger partial charge in [-0.3, -0.25) is 10.1 Å². The minimum Gasteiger partial charge on any atom is -0.328 e. The van der Waals surface area contributed by atoms with Gasteiger partial charge >= 0.3 is 0 Å². The second-order valence-electron chi connectivity index (χ2n) is 5.44. The van der Waals surface area contributed by atoms with Crippen LogP contribution in [-0.2, 0) is 4.79 Å². The quantitative estimate of drug-likeness (QED) is 0.736. The third-order valence-electron chi connectivity index (χ3n) is 3.88. The summed E-state index contributed by atoms with van der Waals surface area (Å²) in [6.07, 6.45) is 3.10. The molecule has 3 aromatic rings. The predicted molar refractivity (Wildman–Crippen MR) is 96.7 cm³/mol. The van der Waals surface area contributed by atoms with Gasteiger partial charge in [0, 0.05) is 22.3 Å². The normalized spacial score (nSPS) is 16.3. The van der Waals surface area contributed by atoms with Crippen LogP contribution in [0.4, 0.5) is 11.1 Å². The Bertz CT molecular complexity index is 947. The molecule has 0 fully saturated rings. The van der Waals surface area contributed by atoms with E-state index >= 15 is 0 Å². The molecule has 126 valence electrons. The Kier molecular flexibility index (Phi) is 3.98. The Hall–Kier alpha value is -2.71. The highest BCUT2D eigenvalue weighted by molar-refractivity contribution is 7.13. The summed E-state index contributed by atoms with van der Waals surface area (Å²) in [6.45, 7) is 1.85. The number of rotatable bonds is 3. The Balaban J connectivity index is 1.78. The van der Waals surface area contributed by atoms with Crippen molar-refractivity contribution in [1.29, 1.82) is 0 Å². The molecule has 7 nitrogen and oxygen atoms in total. The molecule has 1 amide bonds. The monoisotopic (exact) mass is 372 g/mol. The SMILES string of the molecule is CC1=C(C(=O)Nc2nccs2)[C@H](c2ccc(Cl)cc2)n2ncnc2N1. The Labute approximate surface area is 152 Å². The molecule has 0 unspecified atom stereocenters. The van der Waals surface area contributed by atoms with Crippen LogP contribution in [0.1, 0.15) is 18.5 Å². The average molecular weight is 373 g/mol. The van der Waals surface area contributed by atoms with Crippen molar-refractivity contribution in [2.24, 2.45) is 0 Å². The first kappa shape index (κ1) is 15.8. The zero-order chi connectivity index (χ0) is 17.4. The van der Waals surface area contributed by atoms with Crippen LogP contribution < -0.4 is 10.6 Å². The lowest BCUT2D eigenvalue weighted by Gasteiger charge is -2.28. The van der Waals surface area contributed by atoms with Gasteiger partial charge in [-0.05, 0) is 24.6 Å². The fourth-order valence-electron chi connectivity index (χ4n) is 2.79. The van der Waals surface area contributed by atoms with Gasteiger partial charge in [0.05, 0.1) is 5.57 Å². The van der Waals surface area contributed by atoms with Crippen LogP contribution >= 0.6 is 22.9 Å².